The summed E-state index contributed by atoms with van der Waals surface area (Å²) >= 11 is 0. The number of likely N-dealkylation sites (N-methyl/N-ethyl adjacent to an activating group) is 1. The second-order valence-electron chi connectivity index (χ2n) is 3.58. The summed E-state index contributed by atoms with van der Waals surface area (Å²) in [5.41, 5.74) is 4.01. The number of aromatic nitrogens is 1. The van der Waals surface area contributed by atoms with E-state index in [2.05, 4.69) is 29.9 Å². The number of hydrogen-bond donors (Lipinski definition) is 0. The van der Waals surface area contributed by atoms with Gasteiger partial charge in [-0.05, 0) is 37.6 Å². The van der Waals surface area contributed by atoms with Crippen molar-refractivity contribution in [2.75, 3.05) is 13.6 Å². The molecule has 0 aromatic carbocycles. The largest absolute Gasteiger partial charge is 0.302 e. The zero-order valence-corrected chi connectivity index (χ0v) is 11.7. The molecule has 1 aliphatic rings. The van der Waals surface area contributed by atoms with Crippen LogP contribution in [0.2, 0.25) is 0 Å². The van der Waals surface area contributed by atoms with E-state index in [-0.39, 0.29) is 0 Å². The van der Waals surface area contributed by atoms with Gasteiger partial charge in [-0.15, -0.1) is 0 Å². The van der Waals surface area contributed by atoms with Crippen molar-refractivity contribution in [1.29, 1.82) is 0 Å². The van der Waals surface area contributed by atoms with Crippen LogP contribution >= 0.6 is 0 Å². The molecule has 92 valence electrons. The molecule has 2 heterocycles. The minimum Gasteiger partial charge on any atom is -0.302 e. The summed E-state index contributed by atoms with van der Waals surface area (Å²) in [7, 11) is 2.17. The standard InChI is InChI=1S/C10H14N2.2C2H6/c1-8-5-10-7-12(2)4-3-9(10)6-11-8;2*1-2/h5-6H,3-4,7H2,1-2H3;2*1-2H3. The van der Waals surface area contributed by atoms with Crippen molar-refractivity contribution in [3.63, 3.8) is 0 Å². The molecule has 0 radical (unpaired) electrons. The molecular formula is C14H26N2. The minimum atomic E-state index is 1.08. The van der Waals surface area contributed by atoms with Crippen LogP contribution in [0, 0.1) is 6.92 Å². The van der Waals surface area contributed by atoms with Gasteiger partial charge in [0.15, 0.2) is 0 Å². The van der Waals surface area contributed by atoms with Gasteiger partial charge in [-0.1, -0.05) is 27.7 Å². The topological polar surface area (TPSA) is 16.1 Å². The number of hydrogen-bond acceptors (Lipinski definition) is 2. The van der Waals surface area contributed by atoms with Crippen LogP contribution in [0.15, 0.2) is 12.3 Å². The Bertz CT molecular complexity index is 295. The maximum atomic E-state index is 4.30. The smallest absolute Gasteiger partial charge is 0.0376 e. The molecule has 0 saturated heterocycles. The van der Waals surface area contributed by atoms with E-state index in [9.17, 15) is 0 Å². The van der Waals surface area contributed by atoms with Gasteiger partial charge in [-0.3, -0.25) is 4.98 Å². The molecule has 0 N–H and O–H groups in total. The summed E-state index contributed by atoms with van der Waals surface area (Å²) < 4.78 is 0. The van der Waals surface area contributed by atoms with Crippen LogP contribution in [-0.2, 0) is 13.0 Å². The molecule has 2 heteroatoms. The Kier molecular flexibility index (Phi) is 7.82. The van der Waals surface area contributed by atoms with Gasteiger partial charge in [0.05, 0.1) is 0 Å². The minimum absolute atomic E-state index is 1.08. The molecule has 1 aromatic rings. The van der Waals surface area contributed by atoms with E-state index in [0.717, 1.165) is 25.2 Å². The summed E-state index contributed by atoms with van der Waals surface area (Å²) in [6.07, 6.45) is 3.18. The molecule has 1 aliphatic heterocycles. The fourth-order valence-electron chi connectivity index (χ4n) is 1.70. The molecule has 0 aliphatic carbocycles. The van der Waals surface area contributed by atoms with E-state index < -0.39 is 0 Å². The Labute approximate surface area is 101 Å². The van der Waals surface area contributed by atoms with Crippen molar-refractivity contribution >= 4 is 0 Å². The van der Waals surface area contributed by atoms with E-state index in [1.807, 2.05) is 33.9 Å². The highest BCUT2D eigenvalue weighted by Crippen LogP contribution is 2.17. The van der Waals surface area contributed by atoms with Crippen molar-refractivity contribution in [2.24, 2.45) is 0 Å². The highest BCUT2D eigenvalue weighted by Gasteiger charge is 2.12. The molecule has 16 heavy (non-hydrogen) atoms. The second kappa shape index (κ2) is 8.28. The van der Waals surface area contributed by atoms with Gasteiger partial charge < -0.3 is 4.90 Å². The fourth-order valence-corrected chi connectivity index (χ4v) is 1.70. The Morgan fingerprint density at radius 1 is 1.12 bits per heavy atom. The first kappa shape index (κ1) is 15.1. The van der Waals surface area contributed by atoms with Crippen molar-refractivity contribution in [3.05, 3.63) is 29.1 Å². The summed E-state index contributed by atoms with van der Waals surface area (Å²) in [4.78, 5) is 6.65. The molecule has 0 fully saturated rings. The number of pyridine rings is 1. The highest BCUT2D eigenvalue weighted by atomic mass is 15.1. The van der Waals surface area contributed by atoms with E-state index in [1.54, 1.807) is 0 Å². The molecule has 0 saturated carbocycles. The molecule has 2 nitrogen and oxygen atoms in total. The number of rotatable bonds is 0. The molecular weight excluding hydrogens is 196 g/mol. The van der Waals surface area contributed by atoms with Crippen LogP contribution in [0.3, 0.4) is 0 Å². The summed E-state index contributed by atoms with van der Waals surface area (Å²) in [6, 6.07) is 2.20. The highest BCUT2D eigenvalue weighted by molar-refractivity contribution is 5.28. The van der Waals surface area contributed by atoms with Crippen LogP contribution in [0.5, 0.6) is 0 Å². The average Bonchev–Trinajstić information content (AvgIpc) is 2.33. The molecule has 2 rings (SSSR count). The molecule has 0 amide bonds. The van der Waals surface area contributed by atoms with E-state index in [1.165, 1.54) is 11.1 Å². The van der Waals surface area contributed by atoms with Gasteiger partial charge >= 0.3 is 0 Å². The summed E-state index contributed by atoms with van der Waals surface area (Å²) in [6.45, 7) is 12.3. The Hall–Kier alpha value is -0.890. The first-order valence-electron chi connectivity index (χ1n) is 6.38. The van der Waals surface area contributed by atoms with Crippen LogP contribution in [0.4, 0.5) is 0 Å². The lowest BCUT2D eigenvalue weighted by Gasteiger charge is -2.24. The Morgan fingerprint density at radius 2 is 1.75 bits per heavy atom. The first-order chi connectivity index (χ1) is 7.75. The third-order valence-electron chi connectivity index (χ3n) is 2.42. The lowest BCUT2D eigenvalue weighted by Crippen LogP contribution is -2.26. The first-order valence-corrected chi connectivity index (χ1v) is 6.38. The quantitative estimate of drug-likeness (QED) is 0.668. The third kappa shape index (κ3) is 4.31. The second-order valence-corrected chi connectivity index (χ2v) is 3.58. The molecule has 0 spiro atoms. The van der Waals surface area contributed by atoms with Crippen LogP contribution in [-0.4, -0.2) is 23.5 Å². The lowest BCUT2D eigenvalue weighted by atomic mass is 10.0. The van der Waals surface area contributed by atoms with E-state index in [4.69, 9.17) is 0 Å². The normalized spacial score (nSPS) is 13.9. The predicted molar refractivity (Wildman–Crippen MR) is 71.7 cm³/mol. The fraction of sp³-hybridized carbons (Fsp3) is 0.643. The number of aryl methyl sites for hydroxylation is 1. The Balaban J connectivity index is 0.000000509. The molecule has 0 unspecified atom stereocenters. The zero-order valence-electron chi connectivity index (χ0n) is 11.7. The average molecular weight is 222 g/mol. The van der Waals surface area contributed by atoms with E-state index >= 15 is 0 Å². The van der Waals surface area contributed by atoms with Crippen LogP contribution in [0.1, 0.15) is 44.5 Å². The van der Waals surface area contributed by atoms with Gasteiger partial charge in [-0.2, -0.15) is 0 Å². The Morgan fingerprint density at radius 3 is 2.38 bits per heavy atom. The lowest BCUT2D eigenvalue weighted by molar-refractivity contribution is 0.312. The van der Waals surface area contributed by atoms with Gasteiger partial charge in [0, 0.05) is 25.0 Å². The van der Waals surface area contributed by atoms with Crippen molar-refractivity contribution in [3.8, 4) is 0 Å². The maximum absolute atomic E-state index is 4.30. The number of fused-ring (bicyclic) bond motifs is 1. The zero-order chi connectivity index (χ0) is 12.6. The van der Waals surface area contributed by atoms with Gasteiger partial charge in [0.2, 0.25) is 0 Å². The molecule has 0 atom stereocenters. The number of nitrogens with zero attached hydrogens (tertiary/aromatic N) is 2. The summed E-state index contributed by atoms with van der Waals surface area (Å²) in [5.74, 6) is 0. The molecule has 1 aromatic heterocycles. The predicted octanol–water partition coefficient (Wildman–Crippen LogP) is 3.43. The van der Waals surface area contributed by atoms with Crippen LogP contribution in [0.25, 0.3) is 0 Å². The monoisotopic (exact) mass is 222 g/mol. The van der Waals surface area contributed by atoms with Crippen molar-refractivity contribution in [1.82, 2.24) is 9.88 Å². The van der Waals surface area contributed by atoms with Gasteiger partial charge in [0.25, 0.3) is 0 Å². The third-order valence-corrected chi connectivity index (χ3v) is 2.42. The van der Waals surface area contributed by atoms with Gasteiger partial charge in [-0.25, -0.2) is 0 Å². The van der Waals surface area contributed by atoms with Crippen LogP contribution < -0.4 is 0 Å². The van der Waals surface area contributed by atoms with Gasteiger partial charge in [0.1, 0.15) is 0 Å². The van der Waals surface area contributed by atoms with E-state index in [0.29, 0.717) is 0 Å². The van der Waals surface area contributed by atoms with Crippen molar-refractivity contribution in [2.45, 2.75) is 47.6 Å². The maximum Gasteiger partial charge on any atom is 0.0376 e. The summed E-state index contributed by atoms with van der Waals surface area (Å²) in [5, 5.41) is 0. The molecule has 0 bridgehead atoms. The van der Waals surface area contributed by atoms with Crippen molar-refractivity contribution < 1.29 is 0 Å². The SMILES string of the molecule is CC.CC.Cc1cc2c(cn1)CCN(C)C2.